The van der Waals surface area contributed by atoms with E-state index in [1.54, 1.807) is 0 Å². The summed E-state index contributed by atoms with van der Waals surface area (Å²) in [7, 11) is 0. The third kappa shape index (κ3) is 10.8. The number of ether oxygens (including phenoxy) is 2. The third-order valence-corrected chi connectivity index (χ3v) is 1.34. The van der Waals surface area contributed by atoms with E-state index < -0.39 is 5.97 Å². The van der Waals surface area contributed by atoms with Gasteiger partial charge >= 0.3 is 5.97 Å². The zero-order chi connectivity index (χ0) is 11.7. The fourth-order valence-corrected chi connectivity index (χ4v) is 0.715. The van der Waals surface area contributed by atoms with E-state index in [4.69, 9.17) is 14.6 Å². The molecule has 0 aliphatic heterocycles. The van der Waals surface area contributed by atoms with Crippen molar-refractivity contribution >= 4 is 11.9 Å². The van der Waals surface area contributed by atoms with Crippen molar-refractivity contribution in [2.75, 3.05) is 26.4 Å². The highest BCUT2D eigenvalue weighted by atomic mass is 16.5. The summed E-state index contributed by atoms with van der Waals surface area (Å²) in [6.07, 6.45) is 0.0130. The summed E-state index contributed by atoms with van der Waals surface area (Å²) in [5, 5.41) is 10.8. The molecule has 0 aliphatic rings. The number of hydrogen-bond donors (Lipinski definition) is 2. The van der Waals surface area contributed by atoms with Gasteiger partial charge in [-0.1, -0.05) is 0 Å². The second kappa shape index (κ2) is 8.19. The molecule has 0 aliphatic carbocycles. The molecule has 0 fully saturated rings. The van der Waals surface area contributed by atoms with E-state index in [1.807, 2.05) is 13.8 Å². The minimum atomic E-state index is -1.02. The Kier molecular flexibility index (Phi) is 7.57. The van der Waals surface area contributed by atoms with Crippen LogP contribution in [0.2, 0.25) is 0 Å². The fourth-order valence-electron chi connectivity index (χ4n) is 0.715. The maximum atomic E-state index is 11.0. The van der Waals surface area contributed by atoms with Crippen LogP contribution >= 0.6 is 0 Å². The smallest absolute Gasteiger partial charge is 0.329 e. The van der Waals surface area contributed by atoms with Gasteiger partial charge in [0.05, 0.1) is 12.7 Å². The maximum absolute atomic E-state index is 11.0. The second-order valence-corrected chi connectivity index (χ2v) is 3.16. The van der Waals surface area contributed by atoms with Gasteiger partial charge in [-0.25, -0.2) is 4.79 Å². The molecule has 0 aromatic heterocycles. The van der Waals surface area contributed by atoms with E-state index >= 15 is 0 Å². The van der Waals surface area contributed by atoms with E-state index in [0.717, 1.165) is 0 Å². The molecule has 2 N–H and O–H groups in total. The predicted octanol–water partition coefficient (Wildman–Crippen LogP) is -0.371. The Morgan fingerprint density at radius 1 is 1.33 bits per heavy atom. The first kappa shape index (κ1) is 13.9. The number of amides is 1. The predicted molar refractivity (Wildman–Crippen MR) is 52.6 cm³/mol. The van der Waals surface area contributed by atoms with Gasteiger partial charge in [-0.2, -0.15) is 0 Å². The molecule has 0 rings (SSSR count). The largest absolute Gasteiger partial charge is 0.480 e. The van der Waals surface area contributed by atoms with Crippen molar-refractivity contribution in [2.24, 2.45) is 0 Å². The van der Waals surface area contributed by atoms with Gasteiger partial charge in [0, 0.05) is 6.54 Å². The lowest BCUT2D eigenvalue weighted by molar-refractivity contribution is -0.142. The number of rotatable bonds is 8. The van der Waals surface area contributed by atoms with E-state index in [0.29, 0.717) is 0 Å². The normalized spacial score (nSPS) is 10.3. The van der Waals surface area contributed by atoms with Crippen molar-refractivity contribution < 1.29 is 24.2 Å². The standard InChI is InChI=1S/C9H17NO5/c1-7(2)15-5-8(11)10-3-4-14-6-9(12)13/h7H,3-6H2,1-2H3,(H,10,11)(H,12,13). The highest BCUT2D eigenvalue weighted by Gasteiger charge is 2.02. The average Bonchev–Trinajstić information content (AvgIpc) is 2.13. The van der Waals surface area contributed by atoms with Gasteiger partial charge in [0.1, 0.15) is 13.2 Å². The molecular formula is C9H17NO5. The zero-order valence-corrected chi connectivity index (χ0v) is 8.99. The first-order valence-corrected chi connectivity index (χ1v) is 4.70. The molecule has 6 nitrogen and oxygen atoms in total. The fraction of sp³-hybridized carbons (Fsp3) is 0.778. The monoisotopic (exact) mass is 219 g/mol. The van der Waals surface area contributed by atoms with E-state index in [9.17, 15) is 9.59 Å². The highest BCUT2D eigenvalue weighted by molar-refractivity contribution is 5.77. The van der Waals surface area contributed by atoms with Crippen molar-refractivity contribution in [1.29, 1.82) is 0 Å². The lowest BCUT2D eigenvalue weighted by Crippen LogP contribution is -2.31. The number of carboxylic acid groups (broad SMARTS) is 1. The number of carbonyl (C=O) groups excluding carboxylic acids is 1. The minimum Gasteiger partial charge on any atom is -0.480 e. The van der Waals surface area contributed by atoms with Crippen LogP contribution in [0.1, 0.15) is 13.8 Å². The molecule has 0 spiro atoms. The van der Waals surface area contributed by atoms with Crippen LogP contribution in [0, 0.1) is 0 Å². The first-order chi connectivity index (χ1) is 7.02. The number of carbonyl (C=O) groups is 2. The SMILES string of the molecule is CC(C)OCC(=O)NCCOCC(=O)O. The molecule has 0 bridgehead atoms. The molecule has 0 radical (unpaired) electrons. The number of carboxylic acids is 1. The Labute approximate surface area is 88.6 Å². The Bertz CT molecular complexity index is 205. The molecule has 0 saturated heterocycles. The van der Waals surface area contributed by atoms with Gasteiger partial charge < -0.3 is 19.9 Å². The summed E-state index contributed by atoms with van der Waals surface area (Å²) in [6.45, 7) is 3.80. The van der Waals surface area contributed by atoms with Crippen LogP contribution in [0.25, 0.3) is 0 Å². The van der Waals surface area contributed by atoms with E-state index in [-0.39, 0.29) is 38.4 Å². The summed E-state index contributed by atoms with van der Waals surface area (Å²) in [5.41, 5.74) is 0. The van der Waals surface area contributed by atoms with Crippen LogP contribution in [0.5, 0.6) is 0 Å². The highest BCUT2D eigenvalue weighted by Crippen LogP contribution is 1.85. The van der Waals surface area contributed by atoms with Gasteiger partial charge in [0.15, 0.2) is 0 Å². The maximum Gasteiger partial charge on any atom is 0.329 e. The quantitative estimate of drug-likeness (QED) is 0.544. The lowest BCUT2D eigenvalue weighted by Gasteiger charge is -2.08. The van der Waals surface area contributed by atoms with Crippen LogP contribution in [0.4, 0.5) is 0 Å². The summed E-state index contributed by atoms with van der Waals surface area (Å²) in [6, 6.07) is 0. The molecule has 0 heterocycles. The van der Waals surface area contributed by atoms with Crippen LogP contribution in [-0.4, -0.2) is 49.5 Å². The molecule has 1 amide bonds. The third-order valence-electron chi connectivity index (χ3n) is 1.34. The van der Waals surface area contributed by atoms with Crippen molar-refractivity contribution in [3.8, 4) is 0 Å². The minimum absolute atomic E-state index is 0.0105. The molecule has 0 unspecified atom stereocenters. The van der Waals surface area contributed by atoms with Crippen molar-refractivity contribution in [3.63, 3.8) is 0 Å². The Hall–Kier alpha value is -1.14. The number of hydrogen-bond acceptors (Lipinski definition) is 4. The molecule has 88 valence electrons. The van der Waals surface area contributed by atoms with Gasteiger partial charge in [-0.3, -0.25) is 4.79 Å². The molecule has 0 aromatic rings. The van der Waals surface area contributed by atoms with Gasteiger partial charge in [0.2, 0.25) is 5.91 Å². The molecular weight excluding hydrogens is 202 g/mol. The van der Waals surface area contributed by atoms with Gasteiger partial charge in [-0.15, -0.1) is 0 Å². The number of aliphatic carboxylic acids is 1. The molecule has 0 aromatic carbocycles. The van der Waals surface area contributed by atoms with Crippen LogP contribution < -0.4 is 5.32 Å². The summed E-state index contributed by atoms with van der Waals surface area (Å²) in [5.74, 6) is -1.26. The Morgan fingerprint density at radius 2 is 2.00 bits per heavy atom. The van der Waals surface area contributed by atoms with Gasteiger partial charge in [-0.05, 0) is 13.8 Å². The summed E-state index contributed by atoms with van der Waals surface area (Å²) < 4.78 is 9.77. The lowest BCUT2D eigenvalue weighted by atomic mass is 10.5. The molecule has 15 heavy (non-hydrogen) atoms. The zero-order valence-electron chi connectivity index (χ0n) is 8.99. The summed E-state index contributed by atoms with van der Waals surface area (Å²) in [4.78, 5) is 21.1. The average molecular weight is 219 g/mol. The van der Waals surface area contributed by atoms with Crippen LogP contribution in [-0.2, 0) is 19.1 Å². The van der Waals surface area contributed by atoms with Crippen molar-refractivity contribution in [3.05, 3.63) is 0 Å². The number of nitrogens with one attached hydrogen (secondary N) is 1. The summed E-state index contributed by atoms with van der Waals surface area (Å²) >= 11 is 0. The molecule has 0 saturated carbocycles. The van der Waals surface area contributed by atoms with Crippen molar-refractivity contribution in [1.82, 2.24) is 5.32 Å². The van der Waals surface area contributed by atoms with E-state index in [1.165, 1.54) is 0 Å². The van der Waals surface area contributed by atoms with Crippen LogP contribution in [0.15, 0.2) is 0 Å². The Balaban J connectivity index is 3.28. The van der Waals surface area contributed by atoms with E-state index in [2.05, 4.69) is 5.32 Å². The van der Waals surface area contributed by atoms with Gasteiger partial charge in [0.25, 0.3) is 0 Å². The Morgan fingerprint density at radius 3 is 2.53 bits per heavy atom. The molecule has 6 heteroatoms. The van der Waals surface area contributed by atoms with Crippen LogP contribution in [0.3, 0.4) is 0 Å². The first-order valence-electron chi connectivity index (χ1n) is 4.70. The second-order valence-electron chi connectivity index (χ2n) is 3.16. The molecule has 0 atom stereocenters. The topological polar surface area (TPSA) is 84.9 Å². The van der Waals surface area contributed by atoms with Crippen molar-refractivity contribution in [2.45, 2.75) is 20.0 Å².